The number of nitrogens with one attached hydrogen (secondary N) is 1. The van der Waals surface area contributed by atoms with Crippen LogP contribution in [0.15, 0.2) is 47.6 Å². The van der Waals surface area contributed by atoms with E-state index in [1.807, 2.05) is 23.6 Å². The lowest BCUT2D eigenvalue weighted by atomic mass is 10.2. The van der Waals surface area contributed by atoms with E-state index in [0.717, 1.165) is 29.5 Å². The number of para-hydroxylation sites is 1. The highest BCUT2D eigenvalue weighted by molar-refractivity contribution is 7.99. The number of hydrogen-bond acceptors (Lipinski definition) is 4. The zero-order chi connectivity index (χ0) is 19.4. The molecule has 0 radical (unpaired) electrons. The second-order valence-electron chi connectivity index (χ2n) is 5.49. The van der Waals surface area contributed by atoms with Crippen molar-refractivity contribution in [3.05, 3.63) is 59.1 Å². The summed E-state index contributed by atoms with van der Waals surface area (Å²) in [4.78, 5) is 12.1. The molecule has 9 heteroatoms. The number of halogens is 3. The number of amides is 1. The maximum Gasteiger partial charge on any atom is 0.235 e. The molecule has 140 valence electrons. The molecule has 1 amide bonds. The molecular weight excluding hydrogens is 394 g/mol. The number of carbonyl (C=O) groups is 1. The quantitative estimate of drug-likeness (QED) is 0.604. The molecule has 1 N–H and O–H groups in total. The minimum absolute atomic E-state index is 0.0630. The van der Waals surface area contributed by atoms with Crippen molar-refractivity contribution in [2.24, 2.45) is 0 Å². The first kappa shape index (κ1) is 19.3. The zero-order valence-electron chi connectivity index (χ0n) is 14.2. The molecule has 5 nitrogen and oxygen atoms in total. The van der Waals surface area contributed by atoms with E-state index in [1.165, 1.54) is 6.07 Å². The van der Waals surface area contributed by atoms with Crippen molar-refractivity contribution in [1.82, 2.24) is 14.8 Å². The van der Waals surface area contributed by atoms with Gasteiger partial charge < -0.3 is 9.88 Å². The maximum atomic E-state index is 13.6. The zero-order valence-corrected chi connectivity index (χ0v) is 15.8. The van der Waals surface area contributed by atoms with Gasteiger partial charge in [0.15, 0.2) is 11.0 Å². The Labute approximate surface area is 163 Å². The Balaban J connectivity index is 1.71. The van der Waals surface area contributed by atoms with Crippen LogP contribution in [0.4, 0.5) is 14.5 Å². The minimum Gasteiger partial charge on any atom is -0.320 e. The lowest BCUT2D eigenvalue weighted by Gasteiger charge is -2.09. The fourth-order valence-corrected chi connectivity index (χ4v) is 3.34. The highest BCUT2D eigenvalue weighted by Crippen LogP contribution is 2.25. The molecule has 0 aliphatic rings. The van der Waals surface area contributed by atoms with E-state index in [2.05, 4.69) is 15.5 Å². The molecule has 0 saturated heterocycles. The molecule has 0 atom stereocenters. The molecule has 0 bridgehead atoms. The van der Waals surface area contributed by atoms with Gasteiger partial charge in [0.25, 0.3) is 0 Å². The highest BCUT2D eigenvalue weighted by atomic mass is 35.5. The maximum absolute atomic E-state index is 13.6. The first-order chi connectivity index (χ1) is 13.0. The first-order valence-electron chi connectivity index (χ1n) is 8.05. The van der Waals surface area contributed by atoms with Gasteiger partial charge in [-0.3, -0.25) is 4.79 Å². The lowest BCUT2D eigenvalue weighted by Crippen LogP contribution is -2.16. The van der Waals surface area contributed by atoms with Crippen molar-refractivity contribution in [2.45, 2.75) is 18.6 Å². The van der Waals surface area contributed by atoms with Gasteiger partial charge in [-0.2, -0.15) is 0 Å². The van der Waals surface area contributed by atoms with Crippen LogP contribution in [0.3, 0.4) is 0 Å². The van der Waals surface area contributed by atoms with Gasteiger partial charge >= 0.3 is 0 Å². The molecule has 1 heterocycles. The van der Waals surface area contributed by atoms with Gasteiger partial charge in [0.1, 0.15) is 17.3 Å². The number of hydrogen-bond donors (Lipinski definition) is 1. The van der Waals surface area contributed by atoms with E-state index in [-0.39, 0.29) is 5.75 Å². The van der Waals surface area contributed by atoms with Crippen LogP contribution < -0.4 is 5.32 Å². The standard InChI is InChI=1S/C18H15ClF2N4OS/c1-2-25-17(11-6-8-12(19)9-7-11)23-24-18(25)27-10-15(26)22-16-13(20)4-3-5-14(16)21/h3-9H,2,10H2,1H3,(H,22,26). The largest absolute Gasteiger partial charge is 0.320 e. The van der Waals surface area contributed by atoms with E-state index in [1.54, 1.807) is 12.1 Å². The van der Waals surface area contributed by atoms with E-state index in [0.29, 0.717) is 22.5 Å². The second kappa shape index (κ2) is 8.49. The Kier molecular flexibility index (Phi) is 6.08. The molecule has 0 spiro atoms. The van der Waals surface area contributed by atoms with Crippen molar-refractivity contribution >= 4 is 35.0 Å². The third kappa shape index (κ3) is 4.45. The highest BCUT2D eigenvalue weighted by Gasteiger charge is 2.16. The third-order valence-electron chi connectivity index (χ3n) is 3.70. The summed E-state index contributed by atoms with van der Waals surface area (Å²) in [6.45, 7) is 2.53. The summed E-state index contributed by atoms with van der Waals surface area (Å²) in [6.07, 6.45) is 0. The summed E-state index contributed by atoms with van der Waals surface area (Å²) in [5.74, 6) is -1.60. The topological polar surface area (TPSA) is 59.8 Å². The number of aromatic nitrogens is 3. The van der Waals surface area contributed by atoms with Gasteiger partial charge in [0.2, 0.25) is 5.91 Å². The van der Waals surface area contributed by atoms with E-state index < -0.39 is 23.2 Å². The summed E-state index contributed by atoms with van der Waals surface area (Å²) in [6, 6.07) is 10.6. The predicted octanol–water partition coefficient (Wildman–Crippen LogP) is 4.63. The van der Waals surface area contributed by atoms with Crippen LogP contribution in [0.25, 0.3) is 11.4 Å². The van der Waals surface area contributed by atoms with Crippen molar-refractivity contribution in [1.29, 1.82) is 0 Å². The monoisotopic (exact) mass is 408 g/mol. The SMILES string of the molecule is CCn1c(SCC(=O)Nc2c(F)cccc2F)nnc1-c1ccc(Cl)cc1. The van der Waals surface area contributed by atoms with Crippen LogP contribution in [0.1, 0.15) is 6.92 Å². The molecule has 2 aromatic carbocycles. The van der Waals surface area contributed by atoms with E-state index in [4.69, 9.17) is 11.6 Å². The fraction of sp³-hybridized carbons (Fsp3) is 0.167. The van der Waals surface area contributed by atoms with Crippen molar-refractivity contribution < 1.29 is 13.6 Å². The molecular formula is C18H15ClF2N4OS. The Morgan fingerprint density at radius 3 is 2.44 bits per heavy atom. The smallest absolute Gasteiger partial charge is 0.235 e. The fourth-order valence-electron chi connectivity index (χ4n) is 2.42. The third-order valence-corrected chi connectivity index (χ3v) is 4.91. The van der Waals surface area contributed by atoms with Crippen molar-refractivity contribution in [3.8, 4) is 11.4 Å². The van der Waals surface area contributed by atoms with Crippen molar-refractivity contribution in [2.75, 3.05) is 11.1 Å². The summed E-state index contributed by atoms with van der Waals surface area (Å²) in [5, 5.41) is 11.7. The number of nitrogens with zero attached hydrogens (tertiary/aromatic N) is 3. The van der Waals surface area contributed by atoms with Crippen LogP contribution in [0.2, 0.25) is 5.02 Å². The average Bonchev–Trinajstić information content (AvgIpc) is 3.06. The summed E-state index contributed by atoms with van der Waals surface area (Å²) < 4.78 is 29.1. The van der Waals surface area contributed by atoms with Gasteiger partial charge in [-0.05, 0) is 43.3 Å². The van der Waals surface area contributed by atoms with E-state index in [9.17, 15) is 13.6 Å². The van der Waals surface area contributed by atoms with Crippen LogP contribution in [0.5, 0.6) is 0 Å². The minimum atomic E-state index is -0.824. The number of rotatable bonds is 6. The molecule has 0 saturated carbocycles. The normalized spacial score (nSPS) is 10.8. The molecule has 3 rings (SSSR count). The first-order valence-corrected chi connectivity index (χ1v) is 9.41. The van der Waals surface area contributed by atoms with Crippen LogP contribution in [-0.2, 0) is 11.3 Å². The Bertz CT molecular complexity index is 942. The van der Waals surface area contributed by atoms with Crippen LogP contribution in [0, 0.1) is 11.6 Å². The molecule has 0 aliphatic carbocycles. The molecule has 3 aromatic rings. The van der Waals surface area contributed by atoms with Gasteiger partial charge in [0, 0.05) is 17.1 Å². The summed E-state index contributed by atoms with van der Waals surface area (Å²) in [5.41, 5.74) is 0.389. The van der Waals surface area contributed by atoms with E-state index >= 15 is 0 Å². The summed E-state index contributed by atoms with van der Waals surface area (Å²) >= 11 is 7.04. The van der Waals surface area contributed by atoms with Crippen LogP contribution in [-0.4, -0.2) is 26.4 Å². The molecule has 27 heavy (non-hydrogen) atoms. The average molecular weight is 409 g/mol. The number of thioether (sulfide) groups is 1. The Morgan fingerprint density at radius 2 is 1.81 bits per heavy atom. The molecule has 0 unspecified atom stereocenters. The number of anilines is 1. The molecule has 0 aliphatic heterocycles. The van der Waals surface area contributed by atoms with Crippen molar-refractivity contribution in [3.63, 3.8) is 0 Å². The second-order valence-corrected chi connectivity index (χ2v) is 6.87. The number of benzene rings is 2. The molecule has 0 fully saturated rings. The predicted molar refractivity (Wildman–Crippen MR) is 102 cm³/mol. The molecule has 1 aromatic heterocycles. The lowest BCUT2D eigenvalue weighted by molar-refractivity contribution is -0.113. The Hall–Kier alpha value is -2.45. The van der Waals surface area contributed by atoms with Gasteiger partial charge in [-0.15, -0.1) is 10.2 Å². The van der Waals surface area contributed by atoms with Gasteiger partial charge in [-0.25, -0.2) is 8.78 Å². The van der Waals surface area contributed by atoms with Gasteiger partial charge in [-0.1, -0.05) is 29.4 Å². The summed E-state index contributed by atoms with van der Waals surface area (Å²) in [7, 11) is 0. The van der Waals surface area contributed by atoms with Crippen LogP contribution >= 0.6 is 23.4 Å². The Morgan fingerprint density at radius 1 is 1.15 bits per heavy atom. The number of carbonyl (C=O) groups excluding carboxylic acids is 1. The van der Waals surface area contributed by atoms with Gasteiger partial charge in [0.05, 0.1) is 5.75 Å².